The van der Waals surface area contributed by atoms with Crippen molar-refractivity contribution in [1.82, 2.24) is 4.90 Å². The van der Waals surface area contributed by atoms with Crippen LogP contribution in [0, 0.1) is 0 Å². The quantitative estimate of drug-likeness (QED) is 0.745. The molecule has 0 radical (unpaired) electrons. The Morgan fingerprint density at radius 3 is 2.35 bits per heavy atom. The molecule has 0 aromatic heterocycles. The molecule has 1 aliphatic rings. The summed E-state index contributed by atoms with van der Waals surface area (Å²) >= 11 is 0. The second-order valence-corrected chi connectivity index (χ2v) is 7.35. The number of fused-ring (bicyclic) bond motifs is 1. The second-order valence-electron chi connectivity index (χ2n) is 7.35. The van der Waals surface area contributed by atoms with Gasteiger partial charge in [0, 0.05) is 13.1 Å². The Bertz CT molecular complexity index is 694. The van der Waals surface area contributed by atoms with Crippen molar-refractivity contribution in [1.29, 1.82) is 0 Å². The van der Waals surface area contributed by atoms with Crippen molar-refractivity contribution in [2.45, 2.75) is 45.1 Å². The van der Waals surface area contributed by atoms with E-state index in [1.54, 1.807) is 0 Å². The molecule has 0 bridgehead atoms. The van der Waals surface area contributed by atoms with Crippen LogP contribution in [0.3, 0.4) is 0 Å². The predicted octanol–water partition coefficient (Wildman–Crippen LogP) is 4.95. The maximum Gasteiger partial charge on any atom is 0.410 e. The number of amides is 1. The summed E-state index contributed by atoms with van der Waals surface area (Å²) in [7, 11) is 0. The number of carbonyl (C=O) groups excluding carboxylic acids is 1. The Morgan fingerprint density at radius 2 is 1.70 bits per heavy atom. The van der Waals surface area contributed by atoms with Gasteiger partial charge in [0.25, 0.3) is 0 Å². The Balaban J connectivity index is 1.65. The van der Waals surface area contributed by atoms with Gasteiger partial charge in [0.15, 0.2) is 0 Å². The SMILES string of the molecule is CC(C)(C)OC(=O)N1CCC(c2ccc3ccccc3c2)CC1. The van der Waals surface area contributed by atoms with Crippen LogP contribution in [0.2, 0.25) is 0 Å². The molecule has 1 amide bonds. The summed E-state index contributed by atoms with van der Waals surface area (Å²) in [6.45, 7) is 7.27. The number of rotatable bonds is 1. The first-order chi connectivity index (χ1) is 10.9. The van der Waals surface area contributed by atoms with Crippen molar-refractivity contribution in [3.8, 4) is 0 Å². The lowest BCUT2D eigenvalue weighted by molar-refractivity contribution is 0.0205. The number of carbonyl (C=O) groups is 1. The molecule has 3 nitrogen and oxygen atoms in total. The zero-order valence-corrected chi connectivity index (χ0v) is 14.2. The topological polar surface area (TPSA) is 29.5 Å². The van der Waals surface area contributed by atoms with Gasteiger partial charge in [-0.15, -0.1) is 0 Å². The lowest BCUT2D eigenvalue weighted by Crippen LogP contribution is -2.41. The van der Waals surface area contributed by atoms with Gasteiger partial charge in [-0.05, 0) is 55.9 Å². The number of hydrogen-bond donors (Lipinski definition) is 0. The van der Waals surface area contributed by atoms with Crippen LogP contribution in [0.1, 0.15) is 45.1 Å². The molecule has 1 aliphatic heterocycles. The van der Waals surface area contributed by atoms with Crippen LogP contribution in [-0.2, 0) is 4.74 Å². The highest BCUT2D eigenvalue weighted by Gasteiger charge is 2.27. The van der Waals surface area contributed by atoms with E-state index in [1.165, 1.54) is 16.3 Å². The minimum atomic E-state index is -0.424. The van der Waals surface area contributed by atoms with E-state index in [1.807, 2.05) is 25.7 Å². The summed E-state index contributed by atoms with van der Waals surface area (Å²) in [5.74, 6) is 0.526. The molecule has 0 saturated carbocycles. The monoisotopic (exact) mass is 311 g/mol. The molecular weight excluding hydrogens is 286 g/mol. The highest BCUT2D eigenvalue weighted by Crippen LogP contribution is 2.30. The van der Waals surface area contributed by atoms with Crippen LogP contribution in [0.5, 0.6) is 0 Å². The van der Waals surface area contributed by atoms with Gasteiger partial charge < -0.3 is 9.64 Å². The Morgan fingerprint density at radius 1 is 1.04 bits per heavy atom. The maximum atomic E-state index is 12.1. The average molecular weight is 311 g/mol. The molecule has 2 aromatic carbocycles. The zero-order valence-electron chi connectivity index (χ0n) is 14.2. The summed E-state index contributed by atoms with van der Waals surface area (Å²) in [5, 5.41) is 2.57. The lowest BCUT2D eigenvalue weighted by atomic mass is 9.88. The summed E-state index contributed by atoms with van der Waals surface area (Å²) in [5.41, 5.74) is 0.958. The summed E-state index contributed by atoms with van der Waals surface area (Å²) in [4.78, 5) is 14.0. The molecular formula is C20H25NO2. The molecule has 1 fully saturated rings. The van der Waals surface area contributed by atoms with Crippen LogP contribution in [0.4, 0.5) is 4.79 Å². The van der Waals surface area contributed by atoms with Gasteiger partial charge in [-0.2, -0.15) is 0 Å². The van der Waals surface area contributed by atoms with Crippen LogP contribution in [0.15, 0.2) is 42.5 Å². The van der Waals surface area contributed by atoms with E-state index in [4.69, 9.17) is 4.74 Å². The number of benzene rings is 2. The van der Waals surface area contributed by atoms with Gasteiger partial charge in [0.2, 0.25) is 0 Å². The molecule has 0 unspecified atom stereocenters. The van der Waals surface area contributed by atoms with E-state index < -0.39 is 5.60 Å². The molecule has 1 saturated heterocycles. The van der Waals surface area contributed by atoms with E-state index in [-0.39, 0.29) is 6.09 Å². The number of likely N-dealkylation sites (tertiary alicyclic amines) is 1. The highest BCUT2D eigenvalue weighted by molar-refractivity contribution is 5.83. The first-order valence-corrected chi connectivity index (χ1v) is 8.39. The van der Waals surface area contributed by atoms with Crippen LogP contribution < -0.4 is 0 Å². The molecule has 23 heavy (non-hydrogen) atoms. The van der Waals surface area contributed by atoms with Gasteiger partial charge in [-0.3, -0.25) is 0 Å². The standard InChI is InChI=1S/C20H25NO2/c1-20(2,3)23-19(22)21-12-10-16(11-13-21)18-9-8-15-6-4-5-7-17(15)14-18/h4-9,14,16H,10-13H2,1-3H3. The minimum absolute atomic E-state index is 0.186. The number of ether oxygens (including phenoxy) is 1. The molecule has 0 atom stereocenters. The lowest BCUT2D eigenvalue weighted by Gasteiger charge is -2.33. The highest BCUT2D eigenvalue weighted by atomic mass is 16.6. The number of piperidine rings is 1. The summed E-state index contributed by atoms with van der Waals surface area (Å²) in [6.07, 6.45) is 1.81. The molecule has 0 aliphatic carbocycles. The maximum absolute atomic E-state index is 12.1. The summed E-state index contributed by atoms with van der Waals surface area (Å²) in [6, 6.07) is 15.2. The minimum Gasteiger partial charge on any atom is -0.444 e. The van der Waals surface area contributed by atoms with Gasteiger partial charge in [-0.25, -0.2) is 4.79 Å². The van der Waals surface area contributed by atoms with Crippen LogP contribution in [-0.4, -0.2) is 29.7 Å². The van der Waals surface area contributed by atoms with Crippen molar-refractivity contribution in [2.24, 2.45) is 0 Å². The third-order valence-electron chi connectivity index (χ3n) is 4.39. The number of nitrogens with zero attached hydrogens (tertiary/aromatic N) is 1. The average Bonchev–Trinajstić information content (AvgIpc) is 2.53. The smallest absolute Gasteiger partial charge is 0.410 e. The number of hydrogen-bond acceptors (Lipinski definition) is 2. The molecule has 1 heterocycles. The molecule has 2 aromatic rings. The van der Waals surface area contributed by atoms with Crippen molar-refractivity contribution in [3.05, 3.63) is 48.0 Å². The fraction of sp³-hybridized carbons (Fsp3) is 0.450. The molecule has 0 N–H and O–H groups in total. The van der Waals surface area contributed by atoms with Gasteiger partial charge in [0.05, 0.1) is 0 Å². The van der Waals surface area contributed by atoms with Gasteiger partial charge in [0.1, 0.15) is 5.60 Å². The Kier molecular flexibility index (Phi) is 4.29. The van der Waals surface area contributed by atoms with Gasteiger partial charge in [-0.1, -0.05) is 42.5 Å². The summed E-state index contributed by atoms with van der Waals surface area (Å²) < 4.78 is 5.46. The van der Waals surface area contributed by atoms with Crippen molar-refractivity contribution < 1.29 is 9.53 Å². The molecule has 122 valence electrons. The van der Waals surface area contributed by atoms with Gasteiger partial charge >= 0.3 is 6.09 Å². The van der Waals surface area contributed by atoms with Crippen molar-refractivity contribution in [2.75, 3.05) is 13.1 Å². The van der Waals surface area contributed by atoms with Crippen molar-refractivity contribution in [3.63, 3.8) is 0 Å². The third kappa shape index (κ3) is 3.84. The van der Waals surface area contributed by atoms with Crippen LogP contribution >= 0.6 is 0 Å². The van der Waals surface area contributed by atoms with E-state index >= 15 is 0 Å². The zero-order chi connectivity index (χ0) is 16.4. The largest absolute Gasteiger partial charge is 0.444 e. The van der Waals surface area contributed by atoms with E-state index in [0.29, 0.717) is 5.92 Å². The fourth-order valence-corrected chi connectivity index (χ4v) is 3.18. The predicted molar refractivity (Wildman–Crippen MR) is 93.7 cm³/mol. The second kappa shape index (κ2) is 6.23. The van der Waals surface area contributed by atoms with E-state index in [2.05, 4.69) is 42.5 Å². The molecule has 3 rings (SSSR count). The Labute approximate surface area is 138 Å². The van der Waals surface area contributed by atoms with E-state index in [9.17, 15) is 4.79 Å². The Hall–Kier alpha value is -2.03. The fourth-order valence-electron chi connectivity index (χ4n) is 3.18. The normalized spacial score (nSPS) is 16.6. The molecule has 3 heteroatoms. The first kappa shape index (κ1) is 15.9. The first-order valence-electron chi connectivity index (χ1n) is 8.39. The van der Waals surface area contributed by atoms with Crippen LogP contribution in [0.25, 0.3) is 10.8 Å². The third-order valence-corrected chi connectivity index (χ3v) is 4.39. The van der Waals surface area contributed by atoms with E-state index in [0.717, 1.165) is 25.9 Å². The molecule has 0 spiro atoms. The van der Waals surface area contributed by atoms with Crippen molar-refractivity contribution >= 4 is 16.9 Å².